The lowest BCUT2D eigenvalue weighted by Gasteiger charge is -2.18. The van der Waals surface area contributed by atoms with Crippen molar-refractivity contribution in [2.45, 2.75) is 31.7 Å². The summed E-state index contributed by atoms with van der Waals surface area (Å²) in [5.74, 6) is -2.21. The number of amides is 2. The summed E-state index contributed by atoms with van der Waals surface area (Å²) in [6.07, 6.45) is 2.25. The molecule has 17 heavy (non-hydrogen) atoms. The highest BCUT2D eigenvalue weighted by Crippen LogP contribution is 2.32. The number of aliphatic carboxylic acids is 1. The molecule has 1 aliphatic carbocycles. The SMILES string of the molecule is O=C1CC(NC(=O)[C@@H]2CCC[C@@H]2C(=O)O)CN1. The fraction of sp³-hybridized carbons (Fsp3) is 0.727. The summed E-state index contributed by atoms with van der Waals surface area (Å²) >= 11 is 0. The molecule has 3 atom stereocenters. The Labute approximate surface area is 98.8 Å². The predicted molar refractivity (Wildman–Crippen MR) is 58.0 cm³/mol. The van der Waals surface area contributed by atoms with E-state index in [1.807, 2.05) is 0 Å². The first-order chi connectivity index (χ1) is 8.08. The highest BCUT2D eigenvalue weighted by atomic mass is 16.4. The predicted octanol–water partition coefficient (Wildman–Crippen LogP) is -0.508. The molecule has 0 aromatic rings. The smallest absolute Gasteiger partial charge is 0.307 e. The van der Waals surface area contributed by atoms with E-state index in [9.17, 15) is 14.4 Å². The Hall–Kier alpha value is -1.59. The maximum Gasteiger partial charge on any atom is 0.307 e. The van der Waals surface area contributed by atoms with Crippen molar-refractivity contribution in [3.63, 3.8) is 0 Å². The van der Waals surface area contributed by atoms with Gasteiger partial charge in [-0.1, -0.05) is 6.42 Å². The zero-order valence-corrected chi connectivity index (χ0v) is 9.44. The molecule has 94 valence electrons. The van der Waals surface area contributed by atoms with Gasteiger partial charge in [-0.25, -0.2) is 0 Å². The topological polar surface area (TPSA) is 95.5 Å². The molecule has 2 amide bonds. The summed E-state index contributed by atoms with van der Waals surface area (Å²) in [6.45, 7) is 0.440. The second kappa shape index (κ2) is 4.73. The molecule has 1 heterocycles. The van der Waals surface area contributed by atoms with Gasteiger partial charge in [0.25, 0.3) is 0 Å². The average Bonchev–Trinajstić information content (AvgIpc) is 2.86. The Kier molecular flexibility index (Phi) is 3.31. The standard InChI is InChI=1S/C11H16N2O4/c14-9-4-6(5-12-9)13-10(15)7-2-1-3-8(7)11(16)17/h6-8H,1-5H2,(H,12,14)(H,13,15)(H,16,17)/t6?,7-,8+/m1/s1. The van der Waals surface area contributed by atoms with Crippen molar-refractivity contribution in [2.24, 2.45) is 11.8 Å². The lowest BCUT2D eigenvalue weighted by atomic mass is 9.95. The quantitative estimate of drug-likeness (QED) is 0.619. The number of hydrogen-bond acceptors (Lipinski definition) is 3. The summed E-state index contributed by atoms with van der Waals surface area (Å²) in [6, 6.07) is -0.190. The summed E-state index contributed by atoms with van der Waals surface area (Å²) in [5.41, 5.74) is 0. The first-order valence-electron chi connectivity index (χ1n) is 5.88. The fourth-order valence-electron chi connectivity index (χ4n) is 2.58. The van der Waals surface area contributed by atoms with Crippen LogP contribution in [0.3, 0.4) is 0 Å². The number of carboxylic acid groups (broad SMARTS) is 1. The van der Waals surface area contributed by atoms with Gasteiger partial charge in [0.15, 0.2) is 0 Å². The molecule has 0 radical (unpaired) electrons. The molecule has 2 aliphatic rings. The molecule has 3 N–H and O–H groups in total. The van der Waals surface area contributed by atoms with E-state index < -0.39 is 17.8 Å². The van der Waals surface area contributed by atoms with Crippen molar-refractivity contribution in [1.82, 2.24) is 10.6 Å². The first-order valence-corrected chi connectivity index (χ1v) is 5.88. The molecule has 0 aromatic heterocycles. The molecule has 6 heteroatoms. The van der Waals surface area contributed by atoms with Gasteiger partial charge in [-0.2, -0.15) is 0 Å². The Morgan fingerprint density at radius 1 is 1.29 bits per heavy atom. The second-order valence-electron chi connectivity index (χ2n) is 4.70. The molecular formula is C11H16N2O4. The van der Waals surface area contributed by atoms with Gasteiger partial charge in [-0.3, -0.25) is 14.4 Å². The number of carboxylic acids is 1. The third-order valence-electron chi connectivity index (χ3n) is 3.49. The third kappa shape index (κ3) is 2.57. The van der Waals surface area contributed by atoms with Crippen LogP contribution < -0.4 is 10.6 Å². The van der Waals surface area contributed by atoms with E-state index in [-0.39, 0.29) is 24.3 Å². The van der Waals surface area contributed by atoms with Crippen LogP contribution >= 0.6 is 0 Å². The van der Waals surface area contributed by atoms with E-state index in [1.54, 1.807) is 0 Å². The molecule has 1 saturated carbocycles. The molecule has 2 fully saturated rings. The van der Waals surface area contributed by atoms with Crippen molar-refractivity contribution < 1.29 is 19.5 Å². The normalized spacial score (nSPS) is 32.2. The summed E-state index contributed by atoms with van der Waals surface area (Å²) < 4.78 is 0. The Morgan fingerprint density at radius 3 is 2.59 bits per heavy atom. The zero-order valence-electron chi connectivity index (χ0n) is 9.44. The molecule has 0 spiro atoms. The number of nitrogens with one attached hydrogen (secondary N) is 2. The van der Waals surface area contributed by atoms with E-state index in [4.69, 9.17) is 5.11 Å². The summed E-state index contributed by atoms with van der Waals surface area (Å²) in [4.78, 5) is 33.8. The van der Waals surface area contributed by atoms with Crippen LogP contribution in [0, 0.1) is 11.8 Å². The van der Waals surface area contributed by atoms with Gasteiger partial charge in [0.1, 0.15) is 0 Å². The van der Waals surface area contributed by atoms with Gasteiger partial charge in [0.05, 0.1) is 17.9 Å². The van der Waals surface area contributed by atoms with Gasteiger partial charge < -0.3 is 15.7 Å². The van der Waals surface area contributed by atoms with Crippen molar-refractivity contribution in [2.75, 3.05) is 6.54 Å². The van der Waals surface area contributed by atoms with Crippen LogP contribution in [0.15, 0.2) is 0 Å². The number of rotatable bonds is 3. The molecule has 0 aromatic carbocycles. The van der Waals surface area contributed by atoms with Crippen molar-refractivity contribution in [3.05, 3.63) is 0 Å². The van der Waals surface area contributed by atoms with Crippen LogP contribution in [-0.2, 0) is 14.4 Å². The minimum Gasteiger partial charge on any atom is -0.481 e. The van der Waals surface area contributed by atoms with Crippen molar-refractivity contribution >= 4 is 17.8 Å². The minimum absolute atomic E-state index is 0.0727. The van der Waals surface area contributed by atoms with Gasteiger partial charge in [0, 0.05) is 13.0 Å². The van der Waals surface area contributed by atoms with Crippen molar-refractivity contribution in [1.29, 1.82) is 0 Å². The zero-order chi connectivity index (χ0) is 12.4. The Morgan fingerprint density at radius 2 is 2.00 bits per heavy atom. The lowest BCUT2D eigenvalue weighted by molar-refractivity contribution is -0.146. The summed E-state index contributed by atoms with van der Waals surface area (Å²) in [5, 5.41) is 14.4. The van der Waals surface area contributed by atoms with Crippen LogP contribution in [0.5, 0.6) is 0 Å². The molecule has 2 rings (SSSR count). The molecule has 1 saturated heterocycles. The molecule has 1 aliphatic heterocycles. The van der Waals surface area contributed by atoms with E-state index in [0.717, 1.165) is 6.42 Å². The lowest BCUT2D eigenvalue weighted by Crippen LogP contribution is -2.42. The highest BCUT2D eigenvalue weighted by Gasteiger charge is 2.38. The Bertz CT molecular complexity index is 355. The van der Waals surface area contributed by atoms with Crippen LogP contribution in [0.1, 0.15) is 25.7 Å². The van der Waals surface area contributed by atoms with Gasteiger partial charge in [0.2, 0.25) is 11.8 Å². The van der Waals surface area contributed by atoms with E-state index >= 15 is 0 Å². The fourth-order valence-corrected chi connectivity index (χ4v) is 2.58. The number of carbonyl (C=O) groups is 3. The number of hydrogen-bond donors (Lipinski definition) is 3. The molecular weight excluding hydrogens is 224 g/mol. The summed E-state index contributed by atoms with van der Waals surface area (Å²) in [7, 11) is 0. The average molecular weight is 240 g/mol. The van der Waals surface area contributed by atoms with Crippen LogP contribution in [0.25, 0.3) is 0 Å². The molecule has 1 unspecified atom stereocenters. The maximum absolute atomic E-state index is 11.9. The van der Waals surface area contributed by atoms with Crippen molar-refractivity contribution in [3.8, 4) is 0 Å². The largest absolute Gasteiger partial charge is 0.481 e. The Balaban J connectivity index is 1.91. The molecule has 0 bridgehead atoms. The van der Waals surface area contributed by atoms with Crippen LogP contribution in [0.4, 0.5) is 0 Å². The maximum atomic E-state index is 11.9. The first kappa shape index (κ1) is 11.9. The third-order valence-corrected chi connectivity index (χ3v) is 3.49. The van der Waals surface area contributed by atoms with Gasteiger partial charge in [-0.15, -0.1) is 0 Å². The van der Waals surface area contributed by atoms with Gasteiger partial charge in [-0.05, 0) is 12.8 Å². The minimum atomic E-state index is -0.900. The van der Waals surface area contributed by atoms with E-state index in [2.05, 4.69) is 10.6 Å². The van der Waals surface area contributed by atoms with Gasteiger partial charge >= 0.3 is 5.97 Å². The molecule has 6 nitrogen and oxygen atoms in total. The van der Waals surface area contributed by atoms with Crippen LogP contribution in [0.2, 0.25) is 0 Å². The van der Waals surface area contributed by atoms with Crippen LogP contribution in [-0.4, -0.2) is 35.5 Å². The number of carbonyl (C=O) groups excluding carboxylic acids is 2. The monoisotopic (exact) mass is 240 g/mol. The second-order valence-corrected chi connectivity index (χ2v) is 4.70. The highest BCUT2D eigenvalue weighted by molar-refractivity contribution is 5.86. The van der Waals surface area contributed by atoms with E-state index in [1.165, 1.54) is 0 Å². The van der Waals surface area contributed by atoms with E-state index in [0.29, 0.717) is 19.4 Å².